The molecule has 11 heteroatoms. The van der Waals surface area contributed by atoms with Crippen molar-refractivity contribution >= 4 is 50.7 Å². The van der Waals surface area contributed by atoms with Gasteiger partial charge in [0, 0.05) is 12.6 Å². The molecule has 0 radical (unpaired) electrons. The van der Waals surface area contributed by atoms with Crippen molar-refractivity contribution in [3.05, 3.63) is 119 Å². The van der Waals surface area contributed by atoms with Gasteiger partial charge in [0.1, 0.15) is 24.1 Å². The smallest absolute Gasteiger partial charge is 0.264 e. The lowest BCUT2D eigenvalue weighted by Gasteiger charge is -2.32. The molecule has 0 saturated carbocycles. The summed E-state index contributed by atoms with van der Waals surface area (Å²) in [7, 11) is -4.20. The Labute approximate surface area is 274 Å². The van der Waals surface area contributed by atoms with Crippen LogP contribution in [0.4, 0.5) is 5.69 Å². The number of rotatable bonds is 13. The van der Waals surface area contributed by atoms with E-state index in [4.69, 9.17) is 27.9 Å². The number of carbonyl (C=O) groups excluding carboxylic acids is 2. The second-order valence-electron chi connectivity index (χ2n) is 10.5. The number of sulfonamides is 1. The highest BCUT2D eigenvalue weighted by Crippen LogP contribution is 2.29. The molecule has 1 N–H and O–H groups in total. The van der Waals surface area contributed by atoms with E-state index in [1.165, 1.54) is 17.0 Å². The molecule has 0 aliphatic heterocycles. The van der Waals surface area contributed by atoms with E-state index in [9.17, 15) is 18.0 Å². The van der Waals surface area contributed by atoms with Gasteiger partial charge >= 0.3 is 0 Å². The van der Waals surface area contributed by atoms with Crippen LogP contribution >= 0.6 is 23.2 Å². The summed E-state index contributed by atoms with van der Waals surface area (Å²) in [5.41, 5.74) is 0.875. The van der Waals surface area contributed by atoms with Gasteiger partial charge in [0.05, 0.1) is 20.6 Å². The topological polar surface area (TPSA) is 96.0 Å². The van der Waals surface area contributed by atoms with E-state index in [1.807, 2.05) is 32.0 Å². The number of benzene rings is 4. The first-order valence-corrected chi connectivity index (χ1v) is 16.6. The fraction of sp³-hybridized carbons (Fsp3) is 0.235. The van der Waals surface area contributed by atoms with Gasteiger partial charge in [-0.05, 0) is 86.5 Å². The van der Waals surface area contributed by atoms with Gasteiger partial charge in [0.2, 0.25) is 11.8 Å². The molecule has 0 aromatic heterocycles. The van der Waals surface area contributed by atoms with Gasteiger partial charge in [-0.25, -0.2) is 8.42 Å². The zero-order chi connectivity index (χ0) is 32.6. The third kappa shape index (κ3) is 8.78. The number of para-hydroxylation sites is 1. The van der Waals surface area contributed by atoms with Crippen LogP contribution in [0.1, 0.15) is 32.8 Å². The van der Waals surface area contributed by atoms with Crippen LogP contribution in [0.5, 0.6) is 11.5 Å². The van der Waals surface area contributed by atoms with Crippen LogP contribution in [0, 0.1) is 0 Å². The zero-order valence-corrected chi connectivity index (χ0v) is 27.5. The standard InChI is InChI=1S/C34H35Cl2N3O5S/c1-4-24(2)37-34(41)25(3)38(22-26-15-20-31(35)32(36)21-26)33(40)23-39(45(42,43)30-13-9-6-10-14-30)27-16-18-29(19-17-27)44-28-11-7-5-8-12-28/h5-21,24-25H,4,22-23H2,1-3H3,(H,37,41). The highest BCUT2D eigenvalue weighted by Gasteiger charge is 2.33. The summed E-state index contributed by atoms with van der Waals surface area (Å²) < 4.78 is 34.9. The number of anilines is 1. The zero-order valence-electron chi connectivity index (χ0n) is 25.2. The Kier molecular flexibility index (Phi) is 11.5. The fourth-order valence-electron chi connectivity index (χ4n) is 4.44. The lowest BCUT2D eigenvalue weighted by molar-refractivity contribution is -0.139. The Hall–Kier alpha value is -4.05. The van der Waals surface area contributed by atoms with Crippen LogP contribution in [0.2, 0.25) is 10.0 Å². The summed E-state index contributed by atoms with van der Waals surface area (Å²) in [6.45, 7) is 4.84. The summed E-state index contributed by atoms with van der Waals surface area (Å²) in [5, 5.41) is 3.56. The number of amides is 2. The Balaban J connectivity index is 1.70. The van der Waals surface area contributed by atoms with Crippen molar-refractivity contribution in [3.8, 4) is 11.5 Å². The Morgan fingerprint density at radius 1 is 0.822 bits per heavy atom. The van der Waals surface area contributed by atoms with Gasteiger partial charge in [-0.1, -0.05) is 72.6 Å². The van der Waals surface area contributed by atoms with Crippen molar-refractivity contribution in [3.63, 3.8) is 0 Å². The minimum Gasteiger partial charge on any atom is -0.457 e. The first-order chi connectivity index (χ1) is 21.5. The molecule has 236 valence electrons. The van der Waals surface area contributed by atoms with E-state index >= 15 is 0 Å². The molecule has 2 atom stereocenters. The molecule has 0 aliphatic rings. The maximum absolute atomic E-state index is 14.1. The lowest BCUT2D eigenvalue weighted by atomic mass is 10.1. The van der Waals surface area contributed by atoms with E-state index in [1.54, 1.807) is 79.7 Å². The molecule has 0 heterocycles. The van der Waals surface area contributed by atoms with Crippen molar-refractivity contribution in [1.82, 2.24) is 10.2 Å². The van der Waals surface area contributed by atoms with E-state index in [2.05, 4.69) is 5.32 Å². The summed E-state index contributed by atoms with van der Waals surface area (Å²) in [6, 6.07) is 27.4. The number of ether oxygens (including phenoxy) is 1. The monoisotopic (exact) mass is 667 g/mol. The number of hydrogen-bond acceptors (Lipinski definition) is 5. The summed E-state index contributed by atoms with van der Waals surface area (Å²) in [5.74, 6) is 0.163. The predicted molar refractivity (Wildman–Crippen MR) is 178 cm³/mol. The first-order valence-electron chi connectivity index (χ1n) is 14.4. The molecule has 0 fully saturated rings. The maximum atomic E-state index is 14.1. The molecule has 4 rings (SSSR count). The second-order valence-corrected chi connectivity index (χ2v) is 13.2. The minimum absolute atomic E-state index is 0.00606. The number of nitrogens with zero attached hydrogens (tertiary/aromatic N) is 2. The van der Waals surface area contributed by atoms with Crippen molar-refractivity contribution in [1.29, 1.82) is 0 Å². The van der Waals surface area contributed by atoms with Crippen LogP contribution in [0.15, 0.2) is 108 Å². The third-order valence-corrected chi connectivity index (χ3v) is 9.75. The normalized spacial score (nSPS) is 12.6. The predicted octanol–water partition coefficient (Wildman–Crippen LogP) is 7.31. The number of hydrogen-bond donors (Lipinski definition) is 1. The molecule has 2 amide bonds. The number of carbonyl (C=O) groups is 2. The Morgan fingerprint density at radius 2 is 1.42 bits per heavy atom. The number of halogens is 2. The van der Waals surface area contributed by atoms with Crippen LogP contribution in [-0.2, 0) is 26.2 Å². The van der Waals surface area contributed by atoms with Crippen molar-refractivity contribution in [2.45, 2.75) is 50.7 Å². The van der Waals surface area contributed by atoms with Crippen LogP contribution in [-0.4, -0.2) is 43.8 Å². The number of nitrogens with one attached hydrogen (secondary N) is 1. The molecular formula is C34H35Cl2N3O5S. The first kappa shape index (κ1) is 33.8. The van der Waals surface area contributed by atoms with Gasteiger partial charge in [-0.3, -0.25) is 13.9 Å². The van der Waals surface area contributed by atoms with Crippen molar-refractivity contribution in [2.75, 3.05) is 10.8 Å². The van der Waals surface area contributed by atoms with Gasteiger partial charge in [-0.15, -0.1) is 0 Å². The molecule has 0 bridgehead atoms. The van der Waals surface area contributed by atoms with E-state index < -0.39 is 28.5 Å². The van der Waals surface area contributed by atoms with Gasteiger partial charge < -0.3 is 15.0 Å². The van der Waals surface area contributed by atoms with Crippen molar-refractivity contribution < 1.29 is 22.7 Å². The molecule has 45 heavy (non-hydrogen) atoms. The lowest BCUT2D eigenvalue weighted by Crippen LogP contribution is -2.52. The molecule has 8 nitrogen and oxygen atoms in total. The Morgan fingerprint density at radius 3 is 2.02 bits per heavy atom. The molecule has 2 unspecified atom stereocenters. The van der Waals surface area contributed by atoms with Gasteiger partial charge in [0.15, 0.2) is 0 Å². The Bertz CT molecular complexity index is 1710. The quantitative estimate of drug-likeness (QED) is 0.161. The van der Waals surface area contributed by atoms with Gasteiger partial charge in [-0.2, -0.15) is 0 Å². The molecular weight excluding hydrogens is 633 g/mol. The van der Waals surface area contributed by atoms with Crippen LogP contribution in [0.3, 0.4) is 0 Å². The molecule has 4 aromatic carbocycles. The van der Waals surface area contributed by atoms with Crippen LogP contribution < -0.4 is 14.4 Å². The average molecular weight is 669 g/mol. The summed E-state index contributed by atoms with van der Waals surface area (Å²) in [4.78, 5) is 28.7. The second kappa shape index (κ2) is 15.3. The minimum atomic E-state index is -4.20. The average Bonchev–Trinajstić information content (AvgIpc) is 3.04. The summed E-state index contributed by atoms with van der Waals surface area (Å²) >= 11 is 12.4. The van der Waals surface area contributed by atoms with Crippen LogP contribution in [0.25, 0.3) is 0 Å². The van der Waals surface area contributed by atoms with E-state index in [0.717, 1.165) is 4.31 Å². The third-order valence-electron chi connectivity index (χ3n) is 7.22. The molecule has 0 aliphatic carbocycles. The SMILES string of the molecule is CCC(C)NC(=O)C(C)N(Cc1ccc(Cl)c(Cl)c1)C(=O)CN(c1ccc(Oc2ccccc2)cc1)S(=O)(=O)c1ccccc1. The fourth-order valence-corrected chi connectivity index (χ4v) is 6.19. The molecule has 0 saturated heterocycles. The summed E-state index contributed by atoms with van der Waals surface area (Å²) in [6.07, 6.45) is 0.701. The van der Waals surface area contributed by atoms with E-state index in [-0.39, 0.29) is 29.1 Å². The van der Waals surface area contributed by atoms with E-state index in [0.29, 0.717) is 33.5 Å². The highest BCUT2D eigenvalue weighted by atomic mass is 35.5. The van der Waals surface area contributed by atoms with Gasteiger partial charge in [0.25, 0.3) is 10.0 Å². The largest absolute Gasteiger partial charge is 0.457 e. The van der Waals surface area contributed by atoms with Crippen molar-refractivity contribution in [2.24, 2.45) is 0 Å². The molecule has 4 aromatic rings. The maximum Gasteiger partial charge on any atom is 0.264 e. The molecule has 0 spiro atoms. The highest BCUT2D eigenvalue weighted by molar-refractivity contribution is 7.92.